The molecule has 0 saturated heterocycles. The summed E-state index contributed by atoms with van der Waals surface area (Å²) in [6, 6.07) is 11.0. The highest BCUT2D eigenvalue weighted by Crippen LogP contribution is 2.25. The van der Waals surface area contributed by atoms with E-state index in [1.807, 2.05) is 19.3 Å². The van der Waals surface area contributed by atoms with Crippen molar-refractivity contribution in [3.8, 4) is 0 Å². The maximum absolute atomic E-state index is 4.59. The van der Waals surface area contributed by atoms with Crippen molar-refractivity contribution in [2.45, 2.75) is 33.2 Å². The smallest absolute Gasteiger partial charge is 0.0751 e. The molecule has 0 aliphatic heterocycles. The number of rotatable bonds is 4. The summed E-state index contributed by atoms with van der Waals surface area (Å²) in [5.41, 5.74) is 6.37. The molecule has 2 rings (SSSR count). The molecule has 2 nitrogen and oxygen atoms in total. The third kappa shape index (κ3) is 2.85. The second-order valence-electron chi connectivity index (χ2n) is 4.97. The minimum atomic E-state index is 0.162. The SMILES string of the molecule is CCc1cccnc1C(NC)c1ccc(C)c(C)c1. The van der Waals surface area contributed by atoms with Gasteiger partial charge in [0.2, 0.25) is 0 Å². The highest BCUT2D eigenvalue weighted by atomic mass is 14.9. The van der Waals surface area contributed by atoms with Crippen LogP contribution in [-0.4, -0.2) is 12.0 Å². The summed E-state index contributed by atoms with van der Waals surface area (Å²) in [4.78, 5) is 4.59. The minimum Gasteiger partial charge on any atom is -0.308 e. The fraction of sp³-hybridized carbons (Fsp3) is 0.353. The Morgan fingerprint density at radius 3 is 2.58 bits per heavy atom. The number of aromatic nitrogens is 1. The Morgan fingerprint density at radius 1 is 1.16 bits per heavy atom. The van der Waals surface area contributed by atoms with Crippen molar-refractivity contribution in [1.29, 1.82) is 0 Å². The predicted molar refractivity (Wildman–Crippen MR) is 80.4 cm³/mol. The van der Waals surface area contributed by atoms with E-state index in [2.05, 4.69) is 55.3 Å². The first-order chi connectivity index (χ1) is 9.17. The zero-order valence-corrected chi connectivity index (χ0v) is 12.2. The minimum absolute atomic E-state index is 0.162. The number of pyridine rings is 1. The van der Waals surface area contributed by atoms with Gasteiger partial charge in [-0.25, -0.2) is 0 Å². The predicted octanol–water partition coefficient (Wildman–Crippen LogP) is 3.57. The van der Waals surface area contributed by atoms with Crippen molar-refractivity contribution in [2.24, 2.45) is 0 Å². The molecule has 100 valence electrons. The lowest BCUT2D eigenvalue weighted by Crippen LogP contribution is -2.20. The summed E-state index contributed by atoms with van der Waals surface area (Å²) in [5, 5.41) is 3.39. The van der Waals surface area contributed by atoms with Crippen molar-refractivity contribution in [2.75, 3.05) is 7.05 Å². The monoisotopic (exact) mass is 254 g/mol. The van der Waals surface area contributed by atoms with Gasteiger partial charge in [0.25, 0.3) is 0 Å². The quantitative estimate of drug-likeness (QED) is 0.902. The maximum Gasteiger partial charge on any atom is 0.0751 e. The van der Waals surface area contributed by atoms with E-state index in [-0.39, 0.29) is 6.04 Å². The fourth-order valence-corrected chi connectivity index (χ4v) is 2.42. The van der Waals surface area contributed by atoms with Gasteiger partial charge in [0.05, 0.1) is 11.7 Å². The molecule has 0 spiro atoms. The number of hydrogen-bond donors (Lipinski definition) is 1. The molecule has 0 radical (unpaired) electrons. The Balaban J connectivity index is 2.46. The lowest BCUT2D eigenvalue weighted by molar-refractivity contribution is 0.661. The lowest BCUT2D eigenvalue weighted by atomic mass is 9.95. The van der Waals surface area contributed by atoms with Crippen molar-refractivity contribution < 1.29 is 0 Å². The van der Waals surface area contributed by atoms with Gasteiger partial charge in [-0.1, -0.05) is 31.2 Å². The van der Waals surface area contributed by atoms with Gasteiger partial charge in [0, 0.05) is 6.20 Å². The second-order valence-corrected chi connectivity index (χ2v) is 4.97. The normalized spacial score (nSPS) is 12.4. The topological polar surface area (TPSA) is 24.9 Å². The van der Waals surface area contributed by atoms with Gasteiger partial charge < -0.3 is 5.32 Å². The Bertz CT molecular complexity index is 561. The van der Waals surface area contributed by atoms with E-state index in [9.17, 15) is 0 Å². The van der Waals surface area contributed by atoms with Crippen LogP contribution in [0, 0.1) is 13.8 Å². The molecular weight excluding hydrogens is 232 g/mol. The van der Waals surface area contributed by atoms with Gasteiger partial charge >= 0.3 is 0 Å². The molecule has 2 aromatic rings. The molecule has 0 aliphatic rings. The van der Waals surface area contributed by atoms with Gasteiger partial charge in [0.15, 0.2) is 0 Å². The first-order valence-corrected chi connectivity index (χ1v) is 6.85. The number of nitrogens with one attached hydrogen (secondary N) is 1. The first-order valence-electron chi connectivity index (χ1n) is 6.85. The highest BCUT2D eigenvalue weighted by Gasteiger charge is 2.16. The van der Waals surface area contributed by atoms with E-state index in [4.69, 9.17) is 0 Å². The number of nitrogens with zero attached hydrogens (tertiary/aromatic N) is 1. The Kier molecular flexibility index (Phi) is 4.33. The summed E-state index contributed by atoms with van der Waals surface area (Å²) >= 11 is 0. The molecule has 1 unspecified atom stereocenters. The van der Waals surface area contributed by atoms with E-state index in [1.54, 1.807) is 0 Å². The molecule has 1 aromatic heterocycles. The van der Waals surface area contributed by atoms with Crippen molar-refractivity contribution in [1.82, 2.24) is 10.3 Å². The molecule has 1 heterocycles. The van der Waals surface area contributed by atoms with Crippen LogP contribution in [0.5, 0.6) is 0 Å². The zero-order chi connectivity index (χ0) is 13.8. The molecule has 1 atom stereocenters. The summed E-state index contributed by atoms with van der Waals surface area (Å²) in [6.45, 7) is 6.48. The van der Waals surface area contributed by atoms with Gasteiger partial charge in [-0.15, -0.1) is 0 Å². The maximum atomic E-state index is 4.59. The Labute approximate surface area is 115 Å². The van der Waals surface area contributed by atoms with Crippen molar-refractivity contribution in [3.63, 3.8) is 0 Å². The van der Waals surface area contributed by atoms with Gasteiger partial charge in [-0.2, -0.15) is 0 Å². The molecule has 0 aliphatic carbocycles. The summed E-state index contributed by atoms with van der Waals surface area (Å²) in [7, 11) is 1.99. The van der Waals surface area contributed by atoms with Crippen molar-refractivity contribution in [3.05, 3.63) is 64.5 Å². The van der Waals surface area contributed by atoms with E-state index < -0.39 is 0 Å². The molecular formula is C17H22N2. The van der Waals surface area contributed by atoms with Gasteiger partial charge in [0.1, 0.15) is 0 Å². The van der Waals surface area contributed by atoms with Crippen LogP contribution in [-0.2, 0) is 6.42 Å². The van der Waals surface area contributed by atoms with Crippen LogP contribution in [0.4, 0.5) is 0 Å². The van der Waals surface area contributed by atoms with Crippen LogP contribution < -0.4 is 5.32 Å². The van der Waals surface area contributed by atoms with Crippen LogP contribution in [0.2, 0.25) is 0 Å². The van der Waals surface area contributed by atoms with Gasteiger partial charge in [-0.05, 0) is 55.6 Å². The molecule has 1 N–H and O–H groups in total. The van der Waals surface area contributed by atoms with E-state index in [0.717, 1.165) is 12.1 Å². The van der Waals surface area contributed by atoms with E-state index in [1.165, 1.54) is 22.3 Å². The first kappa shape index (κ1) is 13.8. The number of aryl methyl sites for hydroxylation is 3. The average molecular weight is 254 g/mol. The van der Waals surface area contributed by atoms with Crippen LogP contribution in [0.15, 0.2) is 36.5 Å². The zero-order valence-electron chi connectivity index (χ0n) is 12.2. The number of benzene rings is 1. The molecule has 2 heteroatoms. The lowest BCUT2D eigenvalue weighted by Gasteiger charge is -2.20. The largest absolute Gasteiger partial charge is 0.308 e. The average Bonchev–Trinajstić information content (AvgIpc) is 2.44. The third-order valence-electron chi connectivity index (χ3n) is 3.73. The molecule has 19 heavy (non-hydrogen) atoms. The van der Waals surface area contributed by atoms with Crippen LogP contribution in [0.1, 0.15) is 40.9 Å². The Morgan fingerprint density at radius 2 is 1.95 bits per heavy atom. The molecule has 0 amide bonds. The van der Waals surface area contributed by atoms with Crippen LogP contribution >= 0.6 is 0 Å². The Hall–Kier alpha value is -1.67. The summed E-state index contributed by atoms with van der Waals surface area (Å²) in [6.07, 6.45) is 2.88. The fourth-order valence-electron chi connectivity index (χ4n) is 2.42. The van der Waals surface area contributed by atoms with E-state index in [0.29, 0.717) is 0 Å². The summed E-state index contributed by atoms with van der Waals surface area (Å²) in [5.74, 6) is 0. The third-order valence-corrected chi connectivity index (χ3v) is 3.73. The van der Waals surface area contributed by atoms with Crippen LogP contribution in [0.25, 0.3) is 0 Å². The molecule has 1 aromatic carbocycles. The number of hydrogen-bond acceptors (Lipinski definition) is 2. The van der Waals surface area contributed by atoms with E-state index >= 15 is 0 Å². The standard InChI is InChI=1S/C17H22N2/c1-5-14-7-6-10-19-17(14)16(18-4)15-9-8-12(2)13(3)11-15/h6-11,16,18H,5H2,1-4H3. The second kappa shape index (κ2) is 5.98. The molecule has 0 fully saturated rings. The van der Waals surface area contributed by atoms with Crippen molar-refractivity contribution >= 4 is 0 Å². The molecule has 0 bridgehead atoms. The van der Waals surface area contributed by atoms with Crippen LogP contribution in [0.3, 0.4) is 0 Å². The summed E-state index contributed by atoms with van der Waals surface area (Å²) < 4.78 is 0. The molecule has 0 saturated carbocycles. The van der Waals surface area contributed by atoms with Gasteiger partial charge in [-0.3, -0.25) is 4.98 Å². The highest BCUT2D eigenvalue weighted by molar-refractivity contribution is 5.37.